The van der Waals surface area contributed by atoms with Crippen molar-refractivity contribution in [3.63, 3.8) is 0 Å². The van der Waals surface area contributed by atoms with Crippen molar-refractivity contribution in [1.82, 2.24) is 9.13 Å². The van der Waals surface area contributed by atoms with Crippen molar-refractivity contribution in [1.29, 1.82) is 5.26 Å². The van der Waals surface area contributed by atoms with Gasteiger partial charge in [-0.15, -0.1) is 0 Å². The molecule has 0 N–H and O–H groups in total. The molecule has 9 heteroatoms. The third-order valence-electron chi connectivity index (χ3n) is 10.5. The number of fused-ring (bicyclic) bond motifs is 6. The van der Waals surface area contributed by atoms with Crippen molar-refractivity contribution >= 4 is 43.6 Å². The molecule has 0 bridgehead atoms. The number of alkyl halides is 6. The SMILES string of the molecule is Cc1ccc2c(c1)c1ccccc1n2-c1cc(C#N)ccc1-c1ccc(-c2ccc(C(F)(F)F)cc2C(F)(F)F)cc1-n1c2ccccc2c2cc(C)ccc21. The van der Waals surface area contributed by atoms with Gasteiger partial charge in [0.15, 0.2) is 0 Å². The Labute approximate surface area is 316 Å². The van der Waals surface area contributed by atoms with E-state index in [0.29, 0.717) is 34.1 Å². The number of nitriles is 1. The van der Waals surface area contributed by atoms with Gasteiger partial charge in [0.2, 0.25) is 0 Å². The summed E-state index contributed by atoms with van der Waals surface area (Å²) in [7, 11) is 0. The number of benzene rings is 7. The van der Waals surface area contributed by atoms with E-state index in [0.717, 1.165) is 60.8 Å². The van der Waals surface area contributed by atoms with E-state index in [9.17, 15) is 31.6 Å². The zero-order chi connectivity index (χ0) is 39.1. The van der Waals surface area contributed by atoms with Crippen molar-refractivity contribution in [2.75, 3.05) is 0 Å². The first-order valence-electron chi connectivity index (χ1n) is 17.8. The molecule has 0 saturated carbocycles. The Hall–Kier alpha value is -6.79. The third-order valence-corrected chi connectivity index (χ3v) is 10.5. The van der Waals surface area contributed by atoms with Crippen LogP contribution in [0.5, 0.6) is 0 Å². The van der Waals surface area contributed by atoms with Gasteiger partial charge in [0.05, 0.1) is 56.2 Å². The average molecular weight is 750 g/mol. The Morgan fingerprint density at radius 3 is 1.50 bits per heavy atom. The number of nitrogens with zero attached hydrogens (tertiary/aromatic N) is 3. The Balaban J connectivity index is 1.41. The fourth-order valence-electron chi connectivity index (χ4n) is 8.03. The van der Waals surface area contributed by atoms with Crippen LogP contribution in [0.25, 0.3) is 77.2 Å². The minimum absolute atomic E-state index is 0.0883. The Morgan fingerprint density at radius 2 is 0.964 bits per heavy atom. The molecule has 2 aromatic heterocycles. The number of hydrogen-bond acceptors (Lipinski definition) is 1. The number of hydrogen-bond donors (Lipinski definition) is 0. The first-order chi connectivity index (χ1) is 26.8. The van der Waals surface area contributed by atoms with Gasteiger partial charge in [-0.1, -0.05) is 83.9 Å². The normalized spacial score (nSPS) is 12.3. The summed E-state index contributed by atoms with van der Waals surface area (Å²) < 4.78 is 89.2. The quantitative estimate of drug-likeness (QED) is 0.165. The highest BCUT2D eigenvalue weighted by molar-refractivity contribution is 6.12. The summed E-state index contributed by atoms with van der Waals surface area (Å²) in [5, 5.41) is 14.0. The summed E-state index contributed by atoms with van der Waals surface area (Å²) in [6, 6.07) is 42.1. The van der Waals surface area contributed by atoms with Gasteiger partial charge in [0.25, 0.3) is 0 Å². The van der Waals surface area contributed by atoms with Gasteiger partial charge >= 0.3 is 12.4 Å². The van der Waals surface area contributed by atoms with Gasteiger partial charge in [0, 0.05) is 32.7 Å². The van der Waals surface area contributed by atoms with Crippen LogP contribution in [-0.2, 0) is 12.4 Å². The molecular weight excluding hydrogens is 721 g/mol. The van der Waals surface area contributed by atoms with Crippen molar-refractivity contribution < 1.29 is 26.3 Å². The van der Waals surface area contributed by atoms with E-state index >= 15 is 0 Å². The van der Waals surface area contributed by atoms with Crippen molar-refractivity contribution in [3.05, 3.63) is 167 Å². The second-order valence-electron chi connectivity index (χ2n) is 14.1. The predicted octanol–water partition coefficient (Wildman–Crippen LogP) is 13.7. The lowest BCUT2D eigenvalue weighted by Crippen LogP contribution is -2.12. The van der Waals surface area contributed by atoms with Crippen LogP contribution in [0.2, 0.25) is 0 Å². The highest BCUT2D eigenvalue weighted by Crippen LogP contribution is 2.45. The average Bonchev–Trinajstić information content (AvgIpc) is 3.68. The Morgan fingerprint density at radius 1 is 0.464 bits per heavy atom. The van der Waals surface area contributed by atoms with E-state index in [1.165, 1.54) is 6.07 Å². The second kappa shape index (κ2) is 12.6. The van der Waals surface area contributed by atoms with Gasteiger partial charge in [0.1, 0.15) is 0 Å². The number of para-hydroxylation sites is 2. The zero-order valence-electron chi connectivity index (χ0n) is 29.9. The lowest BCUT2D eigenvalue weighted by atomic mass is 9.92. The van der Waals surface area contributed by atoms with Crippen molar-refractivity contribution in [2.24, 2.45) is 0 Å². The van der Waals surface area contributed by atoms with Gasteiger partial charge in [-0.05, 0) is 91.7 Å². The van der Waals surface area contributed by atoms with Crippen LogP contribution >= 0.6 is 0 Å². The molecule has 0 unspecified atom stereocenters. The van der Waals surface area contributed by atoms with Crippen LogP contribution < -0.4 is 0 Å². The lowest BCUT2D eigenvalue weighted by Gasteiger charge is -2.21. The number of halogens is 6. The summed E-state index contributed by atoms with van der Waals surface area (Å²) >= 11 is 0. The van der Waals surface area contributed by atoms with Crippen LogP contribution in [0.3, 0.4) is 0 Å². The molecule has 0 amide bonds. The summed E-state index contributed by atoms with van der Waals surface area (Å²) in [5.41, 5.74) is 5.33. The molecule has 0 radical (unpaired) electrons. The molecule has 0 aliphatic rings. The molecule has 9 rings (SSSR count). The molecule has 0 spiro atoms. The molecule has 0 atom stereocenters. The molecule has 3 nitrogen and oxygen atoms in total. The summed E-state index contributed by atoms with van der Waals surface area (Å²) in [6.45, 7) is 4.01. The van der Waals surface area contributed by atoms with Crippen molar-refractivity contribution in [3.8, 4) is 39.7 Å². The smallest absolute Gasteiger partial charge is 0.309 e. The Kier molecular flexibility index (Phi) is 7.89. The fourth-order valence-corrected chi connectivity index (χ4v) is 8.03. The molecule has 0 aliphatic heterocycles. The summed E-state index contributed by atoms with van der Waals surface area (Å²) in [5.74, 6) is 0. The standard InChI is InChI=1S/C47H29F6N3/c1-27-11-19-42-37(21-27)33-7-3-5-9-40(33)55(42)44-23-29(26-54)13-16-35(44)36-17-14-30(32-18-15-31(46(48,49)50)25-39(32)47(51,52)53)24-45(36)56-41-10-6-4-8-34(41)38-22-28(2)12-20-43(38)56/h3-25H,1-2H3. The molecule has 274 valence electrons. The van der Waals surface area contributed by atoms with Crippen LogP contribution in [-0.4, -0.2) is 9.13 Å². The monoisotopic (exact) mass is 749 g/mol. The molecule has 56 heavy (non-hydrogen) atoms. The maximum atomic E-state index is 14.6. The molecule has 2 heterocycles. The third kappa shape index (κ3) is 5.60. The molecule has 0 fully saturated rings. The van der Waals surface area contributed by atoms with E-state index < -0.39 is 23.5 Å². The maximum Gasteiger partial charge on any atom is 0.417 e. The second-order valence-corrected chi connectivity index (χ2v) is 14.1. The molecule has 9 aromatic rings. The zero-order valence-corrected chi connectivity index (χ0v) is 29.9. The van der Waals surface area contributed by atoms with Crippen molar-refractivity contribution in [2.45, 2.75) is 26.2 Å². The van der Waals surface area contributed by atoms with E-state index in [4.69, 9.17) is 0 Å². The van der Waals surface area contributed by atoms with E-state index in [-0.39, 0.29) is 17.2 Å². The summed E-state index contributed by atoms with van der Waals surface area (Å²) in [6.07, 6.45) is -10.0. The van der Waals surface area contributed by atoms with Crippen LogP contribution in [0, 0.1) is 25.2 Å². The lowest BCUT2D eigenvalue weighted by molar-refractivity contribution is -0.142. The molecular formula is C47H29F6N3. The first kappa shape index (κ1) is 34.9. The predicted molar refractivity (Wildman–Crippen MR) is 210 cm³/mol. The molecule has 0 aliphatic carbocycles. The number of aromatic nitrogens is 2. The number of rotatable bonds is 4. The Bertz CT molecular complexity index is 3100. The van der Waals surface area contributed by atoms with Gasteiger partial charge in [-0.3, -0.25) is 0 Å². The highest BCUT2D eigenvalue weighted by atomic mass is 19.4. The fraction of sp³-hybridized carbons (Fsp3) is 0.0851. The largest absolute Gasteiger partial charge is 0.417 e. The molecule has 0 saturated heterocycles. The van der Waals surface area contributed by atoms with E-state index in [1.54, 1.807) is 18.2 Å². The topological polar surface area (TPSA) is 33.6 Å². The van der Waals surface area contributed by atoms with Crippen LogP contribution in [0.15, 0.2) is 140 Å². The summed E-state index contributed by atoms with van der Waals surface area (Å²) in [4.78, 5) is 0. The first-order valence-corrected chi connectivity index (χ1v) is 17.8. The van der Waals surface area contributed by atoms with Crippen LogP contribution in [0.4, 0.5) is 26.3 Å². The van der Waals surface area contributed by atoms with E-state index in [2.05, 4.69) is 22.8 Å². The minimum atomic E-state index is -5.07. The molecule has 7 aromatic carbocycles. The van der Waals surface area contributed by atoms with Crippen LogP contribution in [0.1, 0.15) is 27.8 Å². The maximum absolute atomic E-state index is 14.6. The van der Waals surface area contributed by atoms with Gasteiger partial charge in [-0.2, -0.15) is 31.6 Å². The number of aryl methyl sites for hydroxylation is 2. The van der Waals surface area contributed by atoms with Gasteiger partial charge in [-0.25, -0.2) is 0 Å². The minimum Gasteiger partial charge on any atom is -0.309 e. The van der Waals surface area contributed by atoms with E-state index in [1.807, 2.05) is 103 Å². The highest BCUT2D eigenvalue weighted by Gasteiger charge is 2.38. The van der Waals surface area contributed by atoms with Gasteiger partial charge < -0.3 is 9.13 Å².